The lowest BCUT2D eigenvalue weighted by atomic mass is 10.1. The molecule has 3 heteroatoms. The van der Waals surface area contributed by atoms with Gasteiger partial charge in [0.25, 0.3) is 0 Å². The summed E-state index contributed by atoms with van der Waals surface area (Å²) in [5.74, 6) is 0.145. The highest BCUT2D eigenvalue weighted by Crippen LogP contribution is 2.24. The van der Waals surface area contributed by atoms with Gasteiger partial charge in [-0.25, -0.2) is 0 Å². The van der Waals surface area contributed by atoms with Gasteiger partial charge in [-0.2, -0.15) is 0 Å². The molecule has 84 valence electrons. The predicted molar refractivity (Wildman–Crippen MR) is 64.3 cm³/mol. The average molecular weight is 228 g/mol. The molecule has 1 rings (SSSR count). The third-order valence-corrected chi connectivity index (χ3v) is 3.09. The maximum atomic E-state index is 9.29. The van der Waals surface area contributed by atoms with Crippen LogP contribution in [0.2, 0.25) is 5.02 Å². The first-order valence-electron chi connectivity index (χ1n) is 5.22. The van der Waals surface area contributed by atoms with Gasteiger partial charge in [0.05, 0.1) is 5.02 Å². The molecular formula is C12H18ClNO. The van der Waals surface area contributed by atoms with Gasteiger partial charge in [0.15, 0.2) is 0 Å². The summed E-state index contributed by atoms with van der Waals surface area (Å²) in [5.41, 5.74) is 1.13. The van der Waals surface area contributed by atoms with E-state index in [1.165, 1.54) is 0 Å². The topological polar surface area (TPSA) is 23.5 Å². The molecule has 2 nitrogen and oxygen atoms in total. The second-order valence-electron chi connectivity index (χ2n) is 3.96. The maximum absolute atomic E-state index is 9.29. The second-order valence-corrected chi connectivity index (χ2v) is 4.37. The van der Waals surface area contributed by atoms with E-state index >= 15 is 0 Å². The van der Waals surface area contributed by atoms with Gasteiger partial charge >= 0.3 is 0 Å². The molecule has 1 aromatic carbocycles. The summed E-state index contributed by atoms with van der Waals surface area (Å²) in [4.78, 5) is 2.27. The van der Waals surface area contributed by atoms with Crippen LogP contribution >= 0.6 is 11.6 Å². The molecule has 0 spiro atoms. The van der Waals surface area contributed by atoms with E-state index in [-0.39, 0.29) is 5.75 Å². The van der Waals surface area contributed by atoms with Gasteiger partial charge < -0.3 is 5.11 Å². The standard InChI is InChI=1S/C12H18ClNO/c1-4-9(2)14(3)8-10-5-6-12(15)11(13)7-10/h5-7,9,15H,4,8H2,1-3H3. The smallest absolute Gasteiger partial charge is 0.134 e. The van der Waals surface area contributed by atoms with Crippen LogP contribution in [0.1, 0.15) is 25.8 Å². The van der Waals surface area contributed by atoms with Crippen molar-refractivity contribution >= 4 is 11.6 Å². The van der Waals surface area contributed by atoms with Crippen LogP contribution in [0.5, 0.6) is 5.75 Å². The molecule has 0 aromatic heterocycles. The Kier molecular flexibility index (Phi) is 4.43. The van der Waals surface area contributed by atoms with Crippen LogP contribution < -0.4 is 0 Å². The summed E-state index contributed by atoms with van der Waals surface area (Å²) in [6.07, 6.45) is 1.13. The number of phenols is 1. The van der Waals surface area contributed by atoms with Crippen molar-refractivity contribution in [3.8, 4) is 5.75 Å². The van der Waals surface area contributed by atoms with Crippen molar-refractivity contribution < 1.29 is 5.11 Å². The van der Waals surface area contributed by atoms with Crippen molar-refractivity contribution in [3.63, 3.8) is 0 Å². The Morgan fingerprint density at radius 2 is 2.13 bits per heavy atom. The normalized spacial score (nSPS) is 13.1. The molecule has 1 unspecified atom stereocenters. The Labute approximate surface area is 96.5 Å². The molecule has 0 radical (unpaired) electrons. The average Bonchev–Trinajstić information content (AvgIpc) is 2.22. The van der Waals surface area contributed by atoms with Crippen LogP contribution in [0.3, 0.4) is 0 Å². The zero-order valence-corrected chi connectivity index (χ0v) is 10.3. The van der Waals surface area contributed by atoms with E-state index < -0.39 is 0 Å². The minimum Gasteiger partial charge on any atom is -0.506 e. The second kappa shape index (κ2) is 5.38. The largest absolute Gasteiger partial charge is 0.506 e. The Bertz CT molecular complexity index is 327. The molecule has 1 atom stereocenters. The van der Waals surface area contributed by atoms with Crippen molar-refractivity contribution in [2.75, 3.05) is 7.05 Å². The van der Waals surface area contributed by atoms with Gasteiger partial charge in [-0.05, 0) is 38.1 Å². The monoisotopic (exact) mass is 227 g/mol. The van der Waals surface area contributed by atoms with Gasteiger partial charge in [-0.15, -0.1) is 0 Å². The fourth-order valence-electron chi connectivity index (χ4n) is 1.40. The quantitative estimate of drug-likeness (QED) is 0.854. The summed E-state index contributed by atoms with van der Waals surface area (Å²) < 4.78 is 0. The Balaban J connectivity index is 2.68. The highest BCUT2D eigenvalue weighted by molar-refractivity contribution is 6.32. The molecule has 0 saturated heterocycles. The highest BCUT2D eigenvalue weighted by Gasteiger charge is 2.08. The summed E-state index contributed by atoms with van der Waals surface area (Å²) in [7, 11) is 2.09. The lowest BCUT2D eigenvalue weighted by Gasteiger charge is -2.23. The van der Waals surface area contributed by atoms with Crippen LogP contribution in [0.15, 0.2) is 18.2 Å². The number of nitrogens with zero attached hydrogens (tertiary/aromatic N) is 1. The maximum Gasteiger partial charge on any atom is 0.134 e. The van der Waals surface area contributed by atoms with Crippen molar-refractivity contribution in [2.24, 2.45) is 0 Å². The lowest BCUT2D eigenvalue weighted by Crippen LogP contribution is -2.27. The van der Waals surface area contributed by atoms with Gasteiger partial charge in [0.2, 0.25) is 0 Å². The van der Waals surface area contributed by atoms with E-state index in [4.69, 9.17) is 11.6 Å². The first-order chi connectivity index (χ1) is 7.04. The molecule has 0 saturated carbocycles. The zero-order valence-electron chi connectivity index (χ0n) is 9.50. The van der Waals surface area contributed by atoms with Crippen LogP contribution in [0.25, 0.3) is 0 Å². The number of halogens is 1. The molecule has 0 aliphatic heterocycles. The molecule has 0 aliphatic carbocycles. The number of benzene rings is 1. The van der Waals surface area contributed by atoms with E-state index in [1.807, 2.05) is 12.1 Å². The number of aromatic hydroxyl groups is 1. The molecular weight excluding hydrogens is 210 g/mol. The van der Waals surface area contributed by atoms with Crippen molar-refractivity contribution in [2.45, 2.75) is 32.9 Å². The molecule has 1 aromatic rings. The number of phenolic OH excluding ortho intramolecular Hbond substituents is 1. The summed E-state index contributed by atoms with van der Waals surface area (Å²) in [5, 5.41) is 9.71. The molecule has 0 heterocycles. The van der Waals surface area contributed by atoms with Crippen molar-refractivity contribution in [3.05, 3.63) is 28.8 Å². The first kappa shape index (κ1) is 12.3. The Morgan fingerprint density at radius 3 is 2.67 bits per heavy atom. The highest BCUT2D eigenvalue weighted by atomic mass is 35.5. The fraction of sp³-hybridized carbons (Fsp3) is 0.500. The van der Waals surface area contributed by atoms with Gasteiger partial charge in [-0.1, -0.05) is 24.6 Å². The van der Waals surface area contributed by atoms with Crippen LogP contribution in [-0.2, 0) is 6.54 Å². The van der Waals surface area contributed by atoms with E-state index in [2.05, 4.69) is 25.8 Å². The van der Waals surface area contributed by atoms with Crippen molar-refractivity contribution in [1.82, 2.24) is 4.90 Å². The molecule has 1 N–H and O–H groups in total. The van der Waals surface area contributed by atoms with Crippen LogP contribution in [0.4, 0.5) is 0 Å². The Hall–Kier alpha value is -0.730. The predicted octanol–water partition coefficient (Wildman–Crippen LogP) is 3.28. The lowest BCUT2D eigenvalue weighted by molar-refractivity contribution is 0.244. The SMILES string of the molecule is CCC(C)N(C)Cc1ccc(O)c(Cl)c1. The molecule has 0 fully saturated rings. The fourth-order valence-corrected chi connectivity index (χ4v) is 1.61. The van der Waals surface area contributed by atoms with Gasteiger partial charge in [0, 0.05) is 12.6 Å². The number of hydrogen-bond donors (Lipinski definition) is 1. The third kappa shape index (κ3) is 3.40. The number of rotatable bonds is 4. The molecule has 0 amide bonds. The minimum absolute atomic E-state index is 0.145. The summed E-state index contributed by atoms with van der Waals surface area (Å²) >= 11 is 5.84. The summed E-state index contributed by atoms with van der Waals surface area (Å²) in [6.45, 7) is 5.22. The van der Waals surface area contributed by atoms with E-state index in [1.54, 1.807) is 6.07 Å². The molecule has 15 heavy (non-hydrogen) atoms. The van der Waals surface area contributed by atoms with Crippen LogP contribution in [-0.4, -0.2) is 23.1 Å². The minimum atomic E-state index is 0.145. The Morgan fingerprint density at radius 1 is 1.47 bits per heavy atom. The van der Waals surface area contributed by atoms with Gasteiger partial charge in [-0.3, -0.25) is 4.90 Å². The van der Waals surface area contributed by atoms with Crippen LogP contribution in [0, 0.1) is 0 Å². The van der Waals surface area contributed by atoms with E-state index in [0.29, 0.717) is 11.1 Å². The number of hydrogen-bond acceptors (Lipinski definition) is 2. The summed E-state index contributed by atoms with van der Waals surface area (Å²) in [6, 6.07) is 5.91. The van der Waals surface area contributed by atoms with Gasteiger partial charge in [0.1, 0.15) is 5.75 Å². The van der Waals surface area contributed by atoms with E-state index in [9.17, 15) is 5.11 Å². The first-order valence-corrected chi connectivity index (χ1v) is 5.60. The van der Waals surface area contributed by atoms with Crippen molar-refractivity contribution in [1.29, 1.82) is 0 Å². The van der Waals surface area contributed by atoms with E-state index in [0.717, 1.165) is 18.5 Å². The third-order valence-electron chi connectivity index (χ3n) is 2.79. The molecule has 0 bridgehead atoms. The molecule has 0 aliphatic rings. The zero-order chi connectivity index (χ0) is 11.4.